The van der Waals surface area contributed by atoms with E-state index in [1.807, 2.05) is 0 Å². The number of nitrogens with zero attached hydrogens (tertiary/aromatic N) is 3. The Hall–Kier alpha value is -3.56. The number of hydrogen-bond acceptors (Lipinski definition) is 5. The number of amides is 2. The zero-order valence-corrected chi connectivity index (χ0v) is 16.5. The van der Waals surface area contributed by atoms with Gasteiger partial charge < -0.3 is 4.74 Å². The first-order chi connectivity index (χ1) is 14.0. The molecule has 0 radical (unpaired) electrons. The van der Waals surface area contributed by atoms with Crippen LogP contribution in [0.15, 0.2) is 36.4 Å². The first-order valence-corrected chi connectivity index (χ1v) is 9.00. The van der Waals surface area contributed by atoms with Gasteiger partial charge in [0.15, 0.2) is 0 Å². The molecule has 1 aliphatic heterocycles. The number of anilines is 1. The maximum absolute atomic E-state index is 14.3. The normalized spacial score (nSPS) is 13.0. The number of non-ortho nitro benzene ring substituents is 1. The zero-order valence-electron chi connectivity index (χ0n) is 16.5. The molecule has 0 saturated heterocycles. The SMILES string of the molecule is CC(C)(C)N(C(=O)OC(=O)N1Cc2ccc([N+](=O)[O-])cc2C1)c1c(F)cccc1F. The minimum absolute atomic E-state index is 0.00665. The summed E-state index contributed by atoms with van der Waals surface area (Å²) < 4.78 is 33.4. The second kappa shape index (κ2) is 7.69. The molecule has 0 aromatic heterocycles. The van der Waals surface area contributed by atoms with Crippen LogP contribution in [0.4, 0.5) is 29.7 Å². The summed E-state index contributed by atoms with van der Waals surface area (Å²) in [7, 11) is 0. The number of rotatable bonds is 2. The summed E-state index contributed by atoms with van der Waals surface area (Å²) in [5, 5.41) is 10.9. The summed E-state index contributed by atoms with van der Waals surface area (Å²) in [4.78, 5) is 37.5. The van der Waals surface area contributed by atoms with Gasteiger partial charge in [-0.3, -0.25) is 19.9 Å². The fourth-order valence-electron chi connectivity index (χ4n) is 3.21. The molecule has 0 spiro atoms. The minimum atomic E-state index is -1.24. The first-order valence-electron chi connectivity index (χ1n) is 9.00. The fraction of sp³-hybridized carbons (Fsp3) is 0.300. The highest BCUT2D eigenvalue weighted by molar-refractivity contribution is 5.95. The van der Waals surface area contributed by atoms with Crippen LogP contribution in [0.5, 0.6) is 0 Å². The van der Waals surface area contributed by atoms with Crippen molar-refractivity contribution in [2.75, 3.05) is 4.90 Å². The average molecular weight is 419 g/mol. The van der Waals surface area contributed by atoms with E-state index in [0.717, 1.165) is 23.1 Å². The second-order valence-electron chi connectivity index (χ2n) is 7.78. The number of ether oxygens (including phenoxy) is 1. The molecule has 0 atom stereocenters. The highest BCUT2D eigenvalue weighted by Crippen LogP contribution is 2.31. The molecule has 2 aromatic rings. The number of para-hydroxylation sites is 1. The van der Waals surface area contributed by atoms with Crippen molar-refractivity contribution in [3.63, 3.8) is 0 Å². The lowest BCUT2D eigenvalue weighted by Gasteiger charge is -2.34. The predicted octanol–water partition coefficient (Wildman–Crippen LogP) is 4.75. The van der Waals surface area contributed by atoms with Crippen LogP contribution in [0, 0.1) is 21.7 Å². The Morgan fingerprint density at radius 1 is 1.10 bits per heavy atom. The van der Waals surface area contributed by atoms with Crippen molar-refractivity contribution in [3.05, 3.63) is 69.3 Å². The third-order valence-corrected chi connectivity index (χ3v) is 4.57. The Bertz CT molecular complexity index is 1020. The molecule has 8 nitrogen and oxygen atoms in total. The molecule has 0 aliphatic carbocycles. The lowest BCUT2D eigenvalue weighted by molar-refractivity contribution is -0.384. The average Bonchev–Trinajstić information content (AvgIpc) is 3.07. The van der Waals surface area contributed by atoms with E-state index in [1.54, 1.807) is 0 Å². The molecule has 10 heteroatoms. The lowest BCUT2D eigenvalue weighted by atomic mass is 10.1. The molecular formula is C20H19F2N3O5. The Kier molecular flexibility index (Phi) is 5.43. The highest BCUT2D eigenvalue weighted by atomic mass is 19.1. The molecular weight excluding hydrogens is 400 g/mol. The summed E-state index contributed by atoms with van der Waals surface area (Å²) in [5.74, 6) is -1.95. The maximum atomic E-state index is 14.3. The number of hydrogen-bond donors (Lipinski definition) is 0. The number of carbonyl (C=O) groups excluding carboxylic acids is 2. The van der Waals surface area contributed by atoms with E-state index < -0.39 is 40.0 Å². The first kappa shape index (κ1) is 21.2. The topological polar surface area (TPSA) is 93.0 Å². The van der Waals surface area contributed by atoms with Gasteiger partial charge in [-0.25, -0.2) is 18.4 Å². The summed E-state index contributed by atoms with van der Waals surface area (Å²) >= 11 is 0. The molecule has 0 saturated carbocycles. The van der Waals surface area contributed by atoms with Gasteiger partial charge in [0, 0.05) is 30.8 Å². The number of halogens is 2. The van der Waals surface area contributed by atoms with Crippen LogP contribution in [0.1, 0.15) is 31.9 Å². The smallest absolute Gasteiger partial charge is 0.359 e. The standard InChI is InChI=1S/C20H19F2N3O5/c1-20(2,3)24(17-15(21)5-4-6-16(17)22)19(27)30-18(26)23-10-12-7-8-14(25(28)29)9-13(12)11-23/h4-9H,10-11H2,1-3H3. The van der Waals surface area contributed by atoms with Crippen molar-refractivity contribution in [2.45, 2.75) is 39.4 Å². The summed E-state index contributed by atoms with van der Waals surface area (Å²) in [6.45, 7) is 4.70. The fourth-order valence-corrected chi connectivity index (χ4v) is 3.21. The van der Waals surface area contributed by atoms with E-state index in [1.165, 1.54) is 43.9 Å². The Balaban J connectivity index is 1.80. The summed E-state index contributed by atoms with van der Waals surface area (Å²) in [6, 6.07) is 7.35. The third kappa shape index (κ3) is 4.07. The van der Waals surface area contributed by atoms with Gasteiger partial charge in [0.1, 0.15) is 17.3 Å². The van der Waals surface area contributed by atoms with Crippen LogP contribution >= 0.6 is 0 Å². The summed E-state index contributed by atoms with van der Waals surface area (Å²) in [6.07, 6.45) is -2.26. The van der Waals surface area contributed by atoms with E-state index in [-0.39, 0.29) is 18.8 Å². The monoisotopic (exact) mass is 419 g/mol. The quantitative estimate of drug-likeness (QED) is 0.398. The Morgan fingerprint density at radius 3 is 2.27 bits per heavy atom. The van der Waals surface area contributed by atoms with Gasteiger partial charge in [-0.15, -0.1) is 0 Å². The van der Waals surface area contributed by atoms with Crippen LogP contribution in [-0.4, -0.2) is 27.5 Å². The van der Waals surface area contributed by atoms with Gasteiger partial charge in [-0.2, -0.15) is 0 Å². The molecule has 0 fully saturated rings. The van der Waals surface area contributed by atoms with Gasteiger partial charge in [0.05, 0.1) is 4.92 Å². The zero-order chi connectivity index (χ0) is 22.2. The van der Waals surface area contributed by atoms with E-state index >= 15 is 0 Å². The van der Waals surface area contributed by atoms with E-state index in [9.17, 15) is 28.5 Å². The van der Waals surface area contributed by atoms with Crippen molar-refractivity contribution in [1.29, 1.82) is 0 Å². The van der Waals surface area contributed by atoms with Gasteiger partial charge in [0.25, 0.3) is 5.69 Å². The molecule has 0 N–H and O–H groups in total. The number of fused-ring (bicyclic) bond motifs is 1. The molecule has 158 valence electrons. The van der Waals surface area contributed by atoms with E-state index in [0.29, 0.717) is 11.1 Å². The van der Waals surface area contributed by atoms with Crippen molar-refractivity contribution in [2.24, 2.45) is 0 Å². The molecule has 2 aromatic carbocycles. The Morgan fingerprint density at radius 2 is 1.70 bits per heavy atom. The molecule has 0 bridgehead atoms. The maximum Gasteiger partial charge on any atom is 0.423 e. The van der Waals surface area contributed by atoms with E-state index in [2.05, 4.69) is 0 Å². The van der Waals surface area contributed by atoms with Crippen molar-refractivity contribution in [3.8, 4) is 0 Å². The van der Waals surface area contributed by atoms with Gasteiger partial charge in [0.2, 0.25) is 0 Å². The van der Waals surface area contributed by atoms with Gasteiger partial charge in [-0.05, 0) is 44.0 Å². The summed E-state index contributed by atoms with van der Waals surface area (Å²) in [5.41, 5.74) is -0.606. The van der Waals surface area contributed by atoms with Gasteiger partial charge in [-0.1, -0.05) is 12.1 Å². The number of nitro groups is 1. The van der Waals surface area contributed by atoms with Crippen LogP contribution in [0.2, 0.25) is 0 Å². The third-order valence-electron chi connectivity index (χ3n) is 4.57. The number of carbonyl (C=O) groups is 2. The molecule has 0 unspecified atom stereocenters. The largest absolute Gasteiger partial charge is 0.423 e. The Labute approximate surface area is 170 Å². The van der Waals surface area contributed by atoms with Gasteiger partial charge >= 0.3 is 12.2 Å². The van der Waals surface area contributed by atoms with Crippen LogP contribution in [0.3, 0.4) is 0 Å². The molecule has 2 amide bonds. The molecule has 30 heavy (non-hydrogen) atoms. The van der Waals surface area contributed by atoms with Crippen molar-refractivity contribution in [1.82, 2.24) is 4.90 Å². The molecule has 1 aliphatic rings. The molecule has 1 heterocycles. The lowest BCUT2D eigenvalue weighted by Crippen LogP contribution is -2.48. The van der Waals surface area contributed by atoms with Crippen molar-refractivity contribution >= 4 is 23.6 Å². The van der Waals surface area contributed by atoms with Crippen LogP contribution in [0.25, 0.3) is 0 Å². The number of nitro benzene ring substituents is 1. The van der Waals surface area contributed by atoms with E-state index in [4.69, 9.17) is 4.74 Å². The number of benzene rings is 2. The van der Waals surface area contributed by atoms with Crippen LogP contribution < -0.4 is 4.90 Å². The minimum Gasteiger partial charge on any atom is -0.359 e. The van der Waals surface area contributed by atoms with Crippen LogP contribution in [-0.2, 0) is 17.8 Å². The predicted molar refractivity (Wildman–Crippen MR) is 103 cm³/mol. The second-order valence-corrected chi connectivity index (χ2v) is 7.78. The van der Waals surface area contributed by atoms with Crippen molar-refractivity contribution < 1.29 is 28.0 Å². The highest BCUT2D eigenvalue weighted by Gasteiger charge is 2.36. The molecule has 3 rings (SSSR count).